The quantitative estimate of drug-likeness (QED) is 0.644. The molecule has 0 aromatic heterocycles. The maximum absolute atomic E-state index is 8.55. The molecule has 0 spiro atoms. The molecule has 1 nitrogen and oxygen atoms in total. The van der Waals surface area contributed by atoms with E-state index in [1.54, 1.807) is 12.1 Å². The largest absolute Gasteiger partial charge is 0.192 e. The van der Waals surface area contributed by atoms with Gasteiger partial charge in [-0.3, -0.25) is 0 Å². The molecule has 4 heteroatoms. The molecule has 1 aromatic rings. The molecule has 1 aromatic carbocycles. The molecule has 0 heterocycles. The molecule has 11 heavy (non-hydrogen) atoms. The molecule has 0 aliphatic carbocycles. The van der Waals surface area contributed by atoms with Gasteiger partial charge in [0.1, 0.15) is 6.07 Å². The normalized spacial score (nSPS) is 9.27. The Hall–Kier alpha value is -0.360. The summed E-state index contributed by atoms with van der Waals surface area (Å²) in [6.07, 6.45) is 0. The number of thiol groups is 1. The molecule has 0 aliphatic rings. The summed E-state index contributed by atoms with van der Waals surface area (Å²) in [6.45, 7) is 0. The van der Waals surface area contributed by atoms with E-state index < -0.39 is 0 Å². The maximum Gasteiger partial charge on any atom is 0.102 e. The summed E-state index contributed by atoms with van der Waals surface area (Å²) in [7, 11) is 0. The highest BCUT2D eigenvalue weighted by atomic mass is 35.5. The molecule has 56 valence electrons. The van der Waals surface area contributed by atoms with Gasteiger partial charge in [-0.1, -0.05) is 23.2 Å². The maximum atomic E-state index is 8.55. The van der Waals surface area contributed by atoms with Crippen LogP contribution in [0.5, 0.6) is 0 Å². The van der Waals surface area contributed by atoms with Crippen LogP contribution in [-0.2, 0) is 0 Å². The summed E-state index contributed by atoms with van der Waals surface area (Å²) >= 11 is 15.4. The summed E-state index contributed by atoms with van der Waals surface area (Å²) in [5, 5.41) is 9.22. The Labute approximate surface area is 80.0 Å². The summed E-state index contributed by atoms with van der Waals surface area (Å²) in [4.78, 5) is 0.652. The van der Waals surface area contributed by atoms with Crippen LogP contribution in [0.25, 0.3) is 0 Å². The lowest BCUT2D eigenvalue weighted by molar-refractivity contribution is 1.42. The first-order valence-electron chi connectivity index (χ1n) is 2.73. The second kappa shape index (κ2) is 3.36. The number of nitriles is 1. The molecular weight excluding hydrogens is 201 g/mol. The average Bonchev–Trinajstić information content (AvgIpc) is 1.85. The first-order valence-corrected chi connectivity index (χ1v) is 3.93. The lowest BCUT2D eigenvalue weighted by Crippen LogP contribution is -1.79. The summed E-state index contributed by atoms with van der Waals surface area (Å²) in [6, 6.07) is 5.05. The van der Waals surface area contributed by atoms with Crippen LogP contribution in [-0.4, -0.2) is 0 Å². The van der Waals surface area contributed by atoms with Gasteiger partial charge in [0.15, 0.2) is 0 Å². The summed E-state index contributed by atoms with van der Waals surface area (Å²) in [5.74, 6) is 0. The first-order chi connectivity index (χ1) is 5.15. The van der Waals surface area contributed by atoms with Gasteiger partial charge in [-0.2, -0.15) is 5.26 Å². The van der Waals surface area contributed by atoms with E-state index in [1.165, 1.54) is 0 Å². The molecule has 0 radical (unpaired) electrons. The van der Waals surface area contributed by atoms with Crippen LogP contribution in [0.3, 0.4) is 0 Å². The smallest absolute Gasteiger partial charge is 0.102 e. The van der Waals surface area contributed by atoms with Crippen LogP contribution in [0, 0.1) is 11.3 Å². The van der Waals surface area contributed by atoms with Crippen LogP contribution in [0.15, 0.2) is 17.0 Å². The Morgan fingerprint density at radius 1 is 1.27 bits per heavy atom. The molecule has 0 N–H and O–H groups in total. The highest BCUT2D eigenvalue weighted by Gasteiger charge is 2.04. The molecule has 0 atom stereocenters. The predicted octanol–water partition coefficient (Wildman–Crippen LogP) is 3.15. The van der Waals surface area contributed by atoms with Gasteiger partial charge in [0.2, 0.25) is 0 Å². The van der Waals surface area contributed by atoms with Crippen molar-refractivity contribution in [2.24, 2.45) is 0 Å². The van der Waals surface area contributed by atoms with Gasteiger partial charge in [0.25, 0.3) is 0 Å². The number of nitrogens with zero attached hydrogens (tertiary/aromatic N) is 1. The molecule has 0 bridgehead atoms. The van der Waals surface area contributed by atoms with Gasteiger partial charge in [-0.05, 0) is 12.1 Å². The Bertz CT molecular complexity index is 307. The zero-order chi connectivity index (χ0) is 8.43. The van der Waals surface area contributed by atoms with Gasteiger partial charge in [-0.25, -0.2) is 0 Å². The molecule has 1 rings (SSSR count). The van der Waals surface area contributed by atoms with Crippen LogP contribution < -0.4 is 0 Å². The lowest BCUT2D eigenvalue weighted by Gasteiger charge is -1.98. The van der Waals surface area contributed by atoms with E-state index in [1.807, 2.05) is 6.07 Å². The van der Waals surface area contributed by atoms with Crippen molar-refractivity contribution in [3.63, 3.8) is 0 Å². The molecule has 0 saturated carbocycles. The second-order valence-corrected chi connectivity index (χ2v) is 3.23. The van der Waals surface area contributed by atoms with Gasteiger partial charge in [0, 0.05) is 4.90 Å². The fraction of sp³-hybridized carbons (Fsp3) is 0. The minimum absolute atomic E-state index is 0.297. The van der Waals surface area contributed by atoms with E-state index in [4.69, 9.17) is 28.5 Å². The van der Waals surface area contributed by atoms with Crippen molar-refractivity contribution < 1.29 is 0 Å². The third kappa shape index (κ3) is 1.81. The number of rotatable bonds is 0. The standard InChI is InChI=1S/C7H3Cl2NS/c8-6-1-4(11)2-7(9)5(6)3-10/h1-2,11H. The van der Waals surface area contributed by atoms with Crippen molar-refractivity contribution in [1.82, 2.24) is 0 Å². The Balaban J connectivity index is 3.40. The summed E-state index contributed by atoms with van der Waals surface area (Å²) < 4.78 is 0. The minimum Gasteiger partial charge on any atom is -0.192 e. The third-order valence-corrected chi connectivity index (χ3v) is 1.99. The van der Waals surface area contributed by atoms with Crippen molar-refractivity contribution in [3.8, 4) is 6.07 Å². The number of hydrogen-bond donors (Lipinski definition) is 1. The first kappa shape index (κ1) is 8.73. The zero-order valence-corrected chi connectivity index (χ0v) is 7.71. The van der Waals surface area contributed by atoms with Gasteiger partial charge in [0.05, 0.1) is 15.6 Å². The monoisotopic (exact) mass is 203 g/mol. The Morgan fingerprint density at radius 3 is 2.09 bits per heavy atom. The molecular formula is C7H3Cl2NS. The highest BCUT2D eigenvalue weighted by Crippen LogP contribution is 2.26. The van der Waals surface area contributed by atoms with Gasteiger partial charge < -0.3 is 0 Å². The SMILES string of the molecule is N#Cc1c(Cl)cc(S)cc1Cl. The second-order valence-electron chi connectivity index (χ2n) is 1.90. The number of halogens is 2. The lowest BCUT2D eigenvalue weighted by atomic mass is 10.2. The Kier molecular flexibility index (Phi) is 2.67. The van der Waals surface area contributed by atoms with E-state index in [0.29, 0.717) is 20.5 Å². The predicted molar refractivity (Wildman–Crippen MR) is 48.4 cm³/mol. The molecule has 0 amide bonds. The van der Waals surface area contributed by atoms with Gasteiger partial charge in [-0.15, -0.1) is 12.6 Å². The molecule has 0 aliphatic heterocycles. The van der Waals surface area contributed by atoms with Crippen molar-refractivity contribution >= 4 is 35.8 Å². The topological polar surface area (TPSA) is 23.8 Å². The van der Waals surface area contributed by atoms with E-state index in [9.17, 15) is 0 Å². The van der Waals surface area contributed by atoms with Crippen LogP contribution in [0.4, 0.5) is 0 Å². The number of hydrogen-bond acceptors (Lipinski definition) is 2. The van der Waals surface area contributed by atoms with Gasteiger partial charge >= 0.3 is 0 Å². The van der Waals surface area contributed by atoms with Crippen molar-refractivity contribution in [2.45, 2.75) is 4.90 Å². The highest BCUT2D eigenvalue weighted by molar-refractivity contribution is 7.80. The van der Waals surface area contributed by atoms with Crippen LogP contribution in [0.1, 0.15) is 5.56 Å². The molecule has 0 saturated heterocycles. The average molecular weight is 204 g/mol. The summed E-state index contributed by atoms with van der Waals surface area (Å²) in [5.41, 5.74) is 0.297. The number of benzene rings is 1. The molecule has 0 fully saturated rings. The van der Waals surface area contributed by atoms with Crippen molar-refractivity contribution in [1.29, 1.82) is 5.26 Å². The fourth-order valence-electron chi connectivity index (χ4n) is 0.667. The molecule has 0 unspecified atom stereocenters. The minimum atomic E-state index is 0.297. The van der Waals surface area contributed by atoms with E-state index in [-0.39, 0.29) is 0 Å². The zero-order valence-electron chi connectivity index (χ0n) is 5.31. The fourth-order valence-corrected chi connectivity index (χ4v) is 1.65. The third-order valence-electron chi connectivity index (χ3n) is 1.14. The van der Waals surface area contributed by atoms with Crippen molar-refractivity contribution in [2.75, 3.05) is 0 Å². The van der Waals surface area contributed by atoms with E-state index in [0.717, 1.165) is 0 Å². The van der Waals surface area contributed by atoms with E-state index in [2.05, 4.69) is 12.6 Å². The Morgan fingerprint density at radius 2 is 1.73 bits per heavy atom. The van der Waals surface area contributed by atoms with Crippen LogP contribution >= 0.6 is 35.8 Å². The van der Waals surface area contributed by atoms with Crippen molar-refractivity contribution in [3.05, 3.63) is 27.7 Å². The van der Waals surface area contributed by atoms with Crippen LogP contribution in [0.2, 0.25) is 10.0 Å². The van der Waals surface area contributed by atoms with E-state index >= 15 is 0 Å².